The number of benzene rings is 2. The number of nitrogens with zero attached hydrogens (tertiary/aromatic N) is 1. The van der Waals surface area contributed by atoms with Gasteiger partial charge in [0.05, 0.1) is 16.5 Å². The number of rotatable bonds is 6. The van der Waals surface area contributed by atoms with Crippen molar-refractivity contribution in [2.75, 3.05) is 13.1 Å². The predicted octanol–water partition coefficient (Wildman–Crippen LogP) is 4.45. The first-order valence-electron chi connectivity index (χ1n) is 8.25. The molecule has 27 heavy (non-hydrogen) atoms. The van der Waals surface area contributed by atoms with E-state index in [0.29, 0.717) is 36.0 Å². The first-order chi connectivity index (χ1) is 12.7. The molecular weight excluding hydrogens is 383 g/mol. The molecule has 0 aromatic heterocycles. The molecule has 1 aliphatic rings. The lowest BCUT2D eigenvalue weighted by molar-refractivity contribution is -0.147. The summed E-state index contributed by atoms with van der Waals surface area (Å²) in [6, 6.07) is 10.1. The molecule has 0 spiro atoms. The second kappa shape index (κ2) is 7.78. The number of likely N-dealkylation sites (tertiary alicyclic amines) is 1. The molecular formula is C19H17ClF3NO3. The van der Waals surface area contributed by atoms with Crippen LogP contribution in [0.4, 0.5) is 13.2 Å². The summed E-state index contributed by atoms with van der Waals surface area (Å²) in [5.41, 5.74) is 0.583. The van der Waals surface area contributed by atoms with Gasteiger partial charge in [-0.1, -0.05) is 29.8 Å². The third-order valence-electron chi connectivity index (χ3n) is 4.36. The average molecular weight is 400 g/mol. The lowest BCUT2D eigenvalue weighted by Crippen LogP contribution is -2.49. The Kier molecular flexibility index (Phi) is 5.62. The van der Waals surface area contributed by atoms with E-state index in [9.17, 15) is 18.0 Å². The predicted molar refractivity (Wildman–Crippen MR) is 93.6 cm³/mol. The molecule has 0 atom stereocenters. The van der Waals surface area contributed by atoms with Crippen LogP contribution in [0.3, 0.4) is 0 Å². The zero-order valence-electron chi connectivity index (χ0n) is 14.2. The molecule has 1 heterocycles. The Balaban J connectivity index is 1.58. The number of aliphatic carboxylic acids is 1. The number of carbonyl (C=O) groups is 1. The van der Waals surface area contributed by atoms with Crippen LogP contribution in [-0.2, 0) is 24.1 Å². The van der Waals surface area contributed by atoms with Crippen LogP contribution in [0.15, 0.2) is 42.5 Å². The molecule has 2 aromatic carbocycles. The lowest BCUT2D eigenvalue weighted by atomic mass is 9.99. The minimum Gasteiger partial charge on any atom is -0.487 e. The fourth-order valence-corrected chi connectivity index (χ4v) is 3.13. The number of hydrogen-bond acceptors (Lipinski definition) is 3. The highest BCUT2D eigenvalue weighted by atomic mass is 35.5. The maximum Gasteiger partial charge on any atom is 0.416 e. The summed E-state index contributed by atoms with van der Waals surface area (Å²) in [4.78, 5) is 12.8. The van der Waals surface area contributed by atoms with Gasteiger partial charge < -0.3 is 9.84 Å². The Morgan fingerprint density at radius 2 is 1.93 bits per heavy atom. The van der Waals surface area contributed by atoms with Gasteiger partial charge in [-0.3, -0.25) is 9.69 Å². The van der Waals surface area contributed by atoms with Crippen molar-refractivity contribution in [2.45, 2.75) is 19.3 Å². The largest absolute Gasteiger partial charge is 0.487 e. The summed E-state index contributed by atoms with van der Waals surface area (Å²) < 4.78 is 43.8. The maximum absolute atomic E-state index is 12.7. The normalized spacial score (nSPS) is 15.4. The zero-order chi connectivity index (χ0) is 19.6. The van der Waals surface area contributed by atoms with E-state index >= 15 is 0 Å². The van der Waals surface area contributed by atoms with E-state index in [1.54, 1.807) is 24.3 Å². The fraction of sp³-hybridized carbons (Fsp3) is 0.316. The van der Waals surface area contributed by atoms with Gasteiger partial charge in [-0.2, -0.15) is 13.2 Å². The number of ether oxygens (including phenoxy) is 1. The first kappa shape index (κ1) is 19.5. The maximum atomic E-state index is 12.7. The number of alkyl halides is 3. The molecule has 8 heteroatoms. The molecule has 1 saturated heterocycles. The molecule has 144 valence electrons. The van der Waals surface area contributed by atoms with Gasteiger partial charge in [-0.05, 0) is 35.4 Å². The van der Waals surface area contributed by atoms with E-state index in [1.807, 2.05) is 4.90 Å². The van der Waals surface area contributed by atoms with Gasteiger partial charge in [0.1, 0.15) is 12.4 Å². The van der Waals surface area contributed by atoms with Gasteiger partial charge in [0, 0.05) is 19.6 Å². The summed E-state index contributed by atoms with van der Waals surface area (Å²) in [7, 11) is 0. The Morgan fingerprint density at radius 1 is 1.19 bits per heavy atom. The Labute approximate surface area is 159 Å². The van der Waals surface area contributed by atoms with Gasteiger partial charge in [0.2, 0.25) is 0 Å². The van der Waals surface area contributed by atoms with E-state index < -0.39 is 17.7 Å². The van der Waals surface area contributed by atoms with Crippen LogP contribution < -0.4 is 4.74 Å². The van der Waals surface area contributed by atoms with Crippen LogP contribution in [0.1, 0.15) is 16.7 Å². The molecule has 1 N–H and O–H groups in total. The van der Waals surface area contributed by atoms with Crippen LogP contribution in [0.2, 0.25) is 5.02 Å². The average Bonchev–Trinajstić information content (AvgIpc) is 2.56. The number of carboxylic acid groups (broad SMARTS) is 1. The molecule has 1 fully saturated rings. The third-order valence-corrected chi connectivity index (χ3v) is 4.65. The molecule has 3 rings (SSSR count). The van der Waals surface area contributed by atoms with Crippen LogP contribution in [0.25, 0.3) is 0 Å². The summed E-state index contributed by atoms with van der Waals surface area (Å²) in [5.74, 6) is -0.733. The van der Waals surface area contributed by atoms with E-state index in [-0.39, 0.29) is 12.5 Å². The van der Waals surface area contributed by atoms with E-state index in [0.717, 1.165) is 17.7 Å². The first-order valence-corrected chi connectivity index (χ1v) is 8.62. The van der Waals surface area contributed by atoms with Crippen molar-refractivity contribution in [3.8, 4) is 5.75 Å². The molecule has 0 saturated carbocycles. The van der Waals surface area contributed by atoms with Crippen molar-refractivity contribution >= 4 is 17.6 Å². The van der Waals surface area contributed by atoms with Crippen LogP contribution >= 0.6 is 11.6 Å². The van der Waals surface area contributed by atoms with Gasteiger partial charge in [0.25, 0.3) is 0 Å². The number of carboxylic acids is 1. The Hall–Kier alpha value is -2.25. The molecule has 0 radical (unpaired) electrons. The highest BCUT2D eigenvalue weighted by molar-refractivity contribution is 6.32. The minimum absolute atomic E-state index is 0.0323. The Bertz CT molecular complexity index is 835. The Morgan fingerprint density at radius 3 is 2.56 bits per heavy atom. The topological polar surface area (TPSA) is 49.8 Å². The van der Waals surface area contributed by atoms with Crippen LogP contribution in [-0.4, -0.2) is 29.1 Å². The van der Waals surface area contributed by atoms with Crippen molar-refractivity contribution in [1.29, 1.82) is 0 Å². The van der Waals surface area contributed by atoms with Gasteiger partial charge >= 0.3 is 12.1 Å². The van der Waals surface area contributed by atoms with Crippen molar-refractivity contribution in [1.82, 2.24) is 4.90 Å². The van der Waals surface area contributed by atoms with Gasteiger partial charge in [0.15, 0.2) is 0 Å². The van der Waals surface area contributed by atoms with E-state index in [2.05, 4.69) is 0 Å². The summed E-state index contributed by atoms with van der Waals surface area (Å²) in [5, 5.41) is 9.24. The molecule has 1 aliphatic heterocycles. The molecule has 0 unspecified atom stereocenters. The SMILES string of the molecule is O=C(O)C1CN(Cc2ccc(OCc3cccc(C(F)(F)F)c3)c(Cl)c2)C1. The molecule has 0 bridgehead atoms. The number of halogens is 4. The van der Waals surface area contributed by atoms with Crippen LogP contribution in [0, 0.1) is 5.92 Å². The number of hydrogen-bond donors (Lipinski definition) is 1. The quantitative estimate of drug-likeness (QED) is 0.779. The minimum atomic E-state index is -4.40. The molecule has 2 aromatic rings. The second-order valence-electron chi connectivity index (χ2n) is 6.48. The zero-order valence-corrected chi connectivity index (χ0v) is 14.9. The highest BCUT2D eigenvalue weighted by Crippen LogP contribution is 2.31. The van der Waals surface area contributed by atoms with Crippen molar-refractivity contribution < 1.29 is 27.8 Å². The second-order valence-corrected chi connectivity index (χ2v) is 6.89. The third kappa shape index (κ3) is 4.93. The summed E-state index contributed by atoms with van der Waals surface area (Å²) in [6.07, 6.45) is -4.40. The van der Waals surface area contributed by atoms with Gasteiger partial charge in [-0.25, -0.2) is 0 Å². The lowest BCUT2D eigenvalue weighted by Gasteiger charge is -2.36. The summed E-state index contributed by atoms with van der Waals surface area (Å²) in [6.45, 7) is 1.55. The van der Waals surface area contributed by atoms with E-state index in [1.165, 1.54) is 6.07 Å². The molecule has 0 amide bonds. The molecule has 4 nitrogen and oxygen atoms in total. The fourth-order valence-electron chi connectivity index (χ4n) is 2.87. The van der Waals surface area contributed by atoms with E-state index in [4.69, 9.17) is 21.4 Å². The smallest absolute Gasteiger partial charge is 0.416 e. The van der Waals surface area contributed by atoms with Crippen molar-refractivity contribution in [2.24, 2.45) is 5.92 Å². The standard InChI is InChI=1S/C19H17ClF3NO3/c20-16-7-12(8-24-9-14(10-24)18(25)26)4-5-17(16)27-11-13-2-1-3-15(6-13)19(21,22)23/h1-7,14H,8-11H2,(H,25,26). The van der Waals surface area contributed by atoms with Crippen molar-refractivity contribution in [3.05, 3.63) is 64.2 Å². The molecule has 0 aliphatic carbocycles. The van der Waals surface area contributed by atoms with Crippen LogP contribution in [0.5, 0.6) is 5.75 Å². The van der Waals surface area contributed by atoms with Crippen molar-refractivity contribution in [3.63, 3.8) is 0 Å². The van der Waals surface area contributed by atoms with Gasteiger partial charge in [-0.15, -0.1) is 0 Å². The highest BCUT2D eigenvalue weighted by Gasteiger charge is 2.32. The summed E-state index contributed by atoms with van der Waals surface area (Å²) >= 11 is 6.21. The monoisotopic (exact) mass is 399 g/mol.